The highest BCUT2D eigenvalue weighted by Gasteiger charge is 2.10. The lowest BCUT2D eigenvalue weighted by molar-refractivity contribution is -0.384. The van der Waals surface area contributed by atoms with E-state index < -0.39 is 4.92 Å². The van der Waals surface area contributed by atoms with Gasteiger partial charge in [0.25, 0.3) is 5.69 Å². The number of nitrogen functional groups attached to an aromatic ring is 1. The number of nitrogens with two attached hydrogens (primary N) is 1. The number of benzene rings is 1. The third-order valence-corrected chi connectivity index (χ3v) is 2.69. The molecule has 0 aliphatic rings. The van der Waals surface area contributed by atoms with Gasteiger partial charge in [-0.1, -0.05) is 0 Å². The first kappa shape index (κ1) is 12.8. The Morgan fingerprint density at radius 2 is 2.00 bits per heavy atom. The van der Waals surface area contributed by atoms with E-state index in [9.17, 15) is 10.1 Å². The van der Waals surface area contributed by atoms with Gasteiger partial charge in [0.2, 0.25) is 5.88 Å². The van der Waals surface area contributed by atoms with E-state index in [2.05, 4.69) is 4.98 Å². The summed E-state index contributed by atoms with van der Waals surface area (Å²) in [6.07, 6.45) is 0. The minimum atomic E-state index is -0.442. The molecule has 1 aromatic heterocycles. The van der Waals surface area contributed by atoms with Gasteiger partial charge in [-0.05, 0) is 31.5 Å². The Kier molecular flexibility index (Phi) is 3.33. The van der Waals surface area contributed by atoms with E-state index >= 15 is 0 Å². The number of hydrogen-bond donors (Lipinski definition) is 1. The van der Waals surface area contributed by atoms with Crippen molar-refractivity contribution in [3.05, 3.63) is 51.7 Å². The number of ether oxygens (including phenoxy) is 1. The molecule has 0 spiro atoms. The summed E-state index contributed by atoms with van der Waals surface area (Å²) in [4.78, 5) is 14.4. The minimum Gasteiger partial charge on any atom is -0.439 e. The van der Waals surface area contributed by atoms with Crippen molar-refractivity contribution >= 4 is 11.4 Å². The number of pyridine rings is 1. The van der Waals surface area contributed by atoms with Crippen molar-refractivity contribution in [2.45, 2.75) is 13.8 Å². The number of anilines is 1. The standard InChI is InChI=1S/C13H13N3O3/c1-8-7-10(16(17)18)3-5-12(8)19-13-6-4-11(14)9(2)15-13/h3-7H,14H2,1-2H3. The number of nitro benzene ring substituents is 1. The SMILES string of the molecule is Cc1cc([N+](=O)[O-])ccc1Oc1ccc(N)c(C)n1. The van der Waals surface area contributed by atoms with Crippen LogP contribution in [0, 0.1) is 24.0 Å². The summed E-state index contributed by atoms with van der Waals surface area (Å²) in [6.45, 7) is 3.53. The third-order valence-electron chi connectivity index (χ3n) is 2.69. The van der Waals surface area contributed by atoms with Gasteiger partial charge < -0.3 is 10.5 Å². The molecule has 1 heterocycles. The Balaban J connectivity index is 2.28. The molecule has 0 bridgehead atoms. The van der Waals surface area contributed by atoms with E-state index in [-0.39, 0.29) is 5.69 Å². The Bertz CT molecular complexity index is 641. The smallest absolute Gasteiger partial charge is 0.269 e. The molecular formula is C13H13N3O3. The molecule has 0 unspecified atom stereocenters. The molecule has 2 aromatic rings. The van der Waals surface area contributed by atoms with Crippen LogP contribution in [0.1, 0.15) is 11.3 Å². The van der Waals surface area contributed by atoms with E-state index in [1.165, 1.54) is 12.1 Å². The summed E-state index contributed by atoms with van der Waals surface area (Å²) in [6, 6.07) is 7.77. The van der Waals surface area contributed by atoms with Gasteiger partial charge in [-0.25, -0.2) is 4.98 Å². The van der Waals surface area contributed by atoms with Crippen molar-refractivity contribution in [2.75, 3.05) is 5.73 Å². The fraction of sp³-hybridized carbons (Fsp3) is 0.154. The first-order chi connectivity index (χ1) is 8.97. The van der Waals surface area contributed by atoms with Crippen LogP contribution in [0.15, 0.2) is 30.3 Å². The highest BCUT2D eigenvalue weighted by atomic mass is 16.6. The van der Waals surface area contributed by atoms with Crippen LogP contribution in [0.4, 0.5) is 11.4 Å². The van der Waals surface area contributed by atoms with Gasteiger partial charge in [-0.15, -0.1) is 0 Å². The lowest BCUT2D eigenvalue weighted by Crippen LogP contribution is -1.96. The molecular weight excluding hydrogens is 246 g/mol. The van der Waals surface area contributed by atoms with Gasteiger partial charge in [0.1, 0.15) is 5.75 Å². The highest BCUT2D eigenvalue weighted by Crippen LogP contribution is 2.27. The second-order valence-corrected chi connectivity index (χ2v) is 4.13. The van der Waals surface area contributed by atoms with Crippen molar-refractivity contribution in [3.63, 3.8) is 0 Å². The summed E-state index contributed by atoms with van der Waals surface area (Å²) in [7, 11) is 0. The van der Waals surface area contributed by atoms with E-state index in [0.29, 0.717) is 28.6 Å². The number of nitro groups is 1. The number of aromatic nitrogens is 1. The van der Waals surface area contributed by atoms with Gasteiger partial charge in [0.05, 0.1) is 16.3 Å². The Morgan fingerprint density at radius 1 is 1.26 bits per heavy atom. The fourth-order valence-electron chi connectivity index (χ4n) is 1.58. The summed E-state index contributed by atoms with van der Waals surface area (Å²) in [5.41, 5.74) is 7.65. The van der Waals surface area contributed by atoms with Crippen LogP contribution in [-0.4, -0.2) is 9.91 Å². The molecule has 19 heavy (non-hydrogen) atoms. The molecule has 0 radical (unpaired) electrons. The molecule has 2 N–H and O–H groups in total. The maximum absolute atomic E-state index is 10.6. The van der Waals surface area contributed by atoms with Crippen LogP contribution in [0.25, 0.3) is 0 Å². The fourth-order valence-corrected chi connectivity index (χ4v) is 1.58. The van der Waals surface area contributed by atoms with Crippen LogP contribution in [-0.2, 0) is 0 Å². The monoisotopic (exact) mass is 259 g/mol. The van der Waals surface area contributed by atoms with Crippen LogP contribution in [0.2, 0.25) is 0 Å². The third kappa shape index (κ3) is 2.79. The molecule has 98 valence electrons. The molecule has 6 nitrogen and oxygen atoms in total. The van der Waals surface area contributed by atoms with Crippen molar-refractivity contribution in [3.8, 4) is 11.6 Å². The topological polar surface area (TPSA) is 91.3 Å². The van der Waals surface area contributed by atoms with Crippen molar-refractivity contribution in [2.24, 2.45) is 0 Å². The highest BCUT2D eigenvalue weighted by molar-refractivity contribution is 5.46. The Labute approximate surface area is 110 Å². The maximum Gasteiger partial charge on any atom is 0.269 e. The Morgan fingerprint density at radius 3 is 2.58 bits per heavy atom. The number of hydrogen-bond acceptors (Lipinski definition) is 5. The normalized spacial score (nSPS) is 10.2. The van der Waals surface area contributed by atoms with Gasteiger partial charge in [-0.2, -0.15) is 0 Å². The summed E-state index contributed by atoms with van der Waals surface area (Å²) in [5, 5.41) is 10.6. The average Bonchev–Trinajstić information content (AvgIpc) is 2.36. The molecule has 6 heteroatoms. The number of non-ortho nitro benzene ring substituents is 1. The number of rotatable bonds is 3. The molecule has 0 saturated carbocycles. The second-order valence-electron chi connectivity index (χ2n) is 4.13. The summed E-state index contributed by atoms with van der Waals surface area (Å²) in [5.74, 6) is 0.936. The van der Waals surface area contributed by atoms with E-state index in [4.69, 9.17) is 10.5 Å². The molecule has 0 aliphatic heterocycles. The maximum atomic E-state index is 10.6. The molecule has 1 aromatic carbocycles. The van der Waals surface area contributed by atoms with Crippen molar-refractivity contribution in [1.29, 1.82) is 0 Å². The first-order valence-electron chi connectivity index (χ1n) is 5.63. The lowest BCUT2D eigenvalue weighted by atomic mass is 10.2. The van der Waals surface area contributed by atoms with Gasteiger partial charge >= 0.3 is 0 Å². The van der Waals surface area contributed by atoms with Crippen molar-refractivity contribution in [1.82, 2.24) is 4.98 Å². The Hall–Kier alpha value is -2.63. The van der Waals surface area contributed by atoms with Crippen LogP contribution in [0.5, 0.6) is 11.6 Å². The second kappa shape index (κ2) is 4.93. The predicted octanol–water partition coefficient (Wildman–Crippen LogP) is 2.98. The summed E-state index contributed by atoms with van der Waals surface area (Å²) < 4.78 is 5.59. The van der Waals surface area contributed by atoms with Crippen LogP contribution >= 0.6 is 0 Å². The number of nitrogens with zero attached hydrogens (tertiary/aromatic N) is 2. The van der Waals surface area contributed by atoms with E-state index in [0.717, 1.165) is 0 Å². The van der Waals surface area contributed by atoms with Crippen LogP contribution in [0.3, 0.4) is 0 Å². The number of aryl methyl sites for hydroxylation is 2. The molecule has 0 saturated heterocycles. The minimum absolute atomic E-state index is 0.0336. The quantitative estimate of drug-likeness (QED) is 0.675. The first-order valence-corrected chi connectivity index (χ1v) is 5.63. The zero-order valence-electron chi connectivity index (χ0n) is 10.6. The zero-order valence-corrected chi connectivity index (χ0v) is 10.6. The van der Waals surface area contributed by atoms with Crippen molar-refractivity contribution < 1.29 is 9.66 Å². The van der Waals surface area contributed by atoms with Gasteiger partial charge in [-0.3, -0.25) is 10.1 Å². The molecule has 0 fully saturated rings. The molecule has 2 rings (SSSR count). The lowest BCUT2D eigenvalue weighted by Gasteiger charge is -2.08. The largest absolute Gasteiger partial charge is 0.439 e. The summed E-state index contributed by atoms with van der Waals surface area (Å²) >= 11 is 0. The zero-order chi connectivity index (χ0) is 14.0. The van der Waals surface area contributed by atoms with Gasteiger partial charge in [0, 0.05) is 18.2 Å². The van der Waals surface area contributed by atoms with Gasteiger partial charge in [0.15, 0.2) is 0 Å². The van der Waals surface area contributed by atoms with E-state index in [1.54, 1.807) is 32.0 Å². The predicted molar refractivity (Wildman–Crippen MR) is 71.3 cm³/mol. The molecule has 0 aliphatic carbocycles. The van der Waals surface area contributed by atoms with E-state index in [1.807, 2.05) is 0 Å². The average molecular weight is 259 g/mol. The molecule has 0 amide bonds. The molecule has 0 atom stereocenters. The van der Waals surface area contributed by atoms with Crippen LogP contribution < -0.4 is 10.5 Å².